The molecule has 1 heterocycles. The van der Waals surface area contributed by atoms with Gasteiger partial charge < -0.3 is 9.30 Å². The zero-order chi connectivity index (χ0) is 25.7. The number of hydrogen-bond acceptors (Lipinski definition) is 2. The van der Waals surface area contributed by atoms with Crippen molar-refractivity contribution >= 4 is 0 Å². The second-order valence-electron chi connectivity index (χ2n) is 9.98. The quantitative estimate of drug-likeness (QED) is 0.154. The van der Waals surface area contributed by atoms with Crippen LogP contribution < -0.4 is 4.74 Å². The summed E-state index contributed by atoms with van der Waals surface area (Å²) in [7, 11) is 2.10. The smallest absolute Gasteiger partial charge is 0.140 e. The van der Waals surface area contributed by atoms with E-state index in [9.17, 15) is 0 Å². The highest BCUT2D eigenvalue weighted by atomic mass is 16.5. The van der Waals surface area contributed by atoms with Crippen molar-refractivity contribution in [2.75, 3.05) is 6.61 Å². The van der Waals surface area contributed by atoms with Crippen molar-refractivity contribution in [2.24, 2.45) is 7.05 Å². The number of aromatic nitrogens is 2. The number of unbranched alkanes of at least 4 members (excludes halogenated alkanes) is 9. The molecule has 3 heteroatoms. The van der Waals surface area contributed by atoms with Gasteiger partial charge in [-0.2, -0.15) is 0 Å². The molecule has 4 rings (SSSR count). The van der Waals surface area contributed by atoms with Crippen LogP contribution in [0.25, 0.3) is 33.9 Å². The Morgan fingerprint density at radius 2 is 1.14 bits per heavy atom. The first-order chi connectivity index (χ1) is 18.3. The van der Waals surface area contributed by atoms with Gasteiger partial charge in [0.1, 0.15) is 11.6 Å². The molecule has 0 spiro atoms. The van der Waals surface area contributed by atoms with Gasteiger partial charge in [-0.15, -0.1) is 0 Å². The average Bonchev–Trinajstić information content (AvgIpc) is 3.30. The van der Waals surface area contributed by atoms with Gasteiger partial charge in [0.25, 0.3) is 0 Å². The molecule has 0 saturated heterocycles. The van der Waals surface area contributed by atoms with Gasteiger partial charge in [0.05, 0.1) is 18.0 Å². The third kappa shape index (κ3) is 7.58. The highest BCUT2D eigenvalue weighted by molar-refractivity contribution is 5.82. The summed E-state index contributed by atoms with van der Waals surface area (Å²) in [6.07, 6.45) is 13.4. The van der Waals surface area contributed by atoms with Crippen LogP contribution >= 0.6 is 0 Å². The van der Waals surface area contributed by atoms with Crippen molar-refractivity contribution in [3.8, 4) is 39.7 Å². The Bertz CT molecular complexity index is 1180. The van der Waals surface area contributed by atoms with E-state index in [1.165, 1.54) is 63.4 Å². The van der Waals surface area contributed by atoms with Crippen LogP contribution in [0.2, 0.25) is 0 Å². The van der Waals surface area contributed by atoms with Gasteiger partial charge in [0.15, 0.2) is 0 Å². The zero-order valence-electron chi connectivity index (χ0n) is 22.7. The van der Waals surface area contributed by atoms with Crippen LogP contribution in [0.4, 0.5) is 0 Å². The van der Waals surface area contributed by atoms with Crippen LogP contribution in [0.1, 0.15) is 71.1 Å². The predicted molar refractivity (Wildman–Crippen MR) is 157 cm³/mol. The molecule has 0 fully saturated rings. The first-order valence-electron chi connectivity index (χ1n) is 14.2. The molecule has 0 aliphatic heterocycles. The van der Waals surface area contributed by atoms with Gasteiger partial charge in [-0.25, -0.2) is 4.98 Å². The van der Waals surface area contributed by atoms with Gasteiger partial charge in [0.2, 0.25) is 0 Å². The SMILES string of the molecule is CCCCCCCCCCCCOc1ccc(-c2nc(-c3ccccc3)c(-c3ccccc3)n2C)cc1. The number of ether oxygens (including phenoxy) is 1. The molecular formula is C34H42N2O. The molecule has 3 aromatic carbocycles. The molecule has 0 aliphatic carbocycles. The summed E-state index contributed by atoms with van der Waals surface area (Å²) in [5, 5.41) is 0. The van der Waals surface area contributed by atoms with E-state index in [1.807, 2.05) is 6.07 Å². The Kier molecular flexibility index (Phi) is 10.4. The molecule has 37 heavy (non-hydrogen) atoms. The van der Waals surface area contributed by atoms with E-state index in [0.717, 1.165) is 47.1 Å². The molecule has 0 aliphatic rings. The fraction of sp³-hybridized carbons (Fsp3) is 0.382. The molecule has 0 atom stereocenters. The minimum atomic E-state index is 0.786. The van der Waals surface area contributed by atoms with Gasteiger partial charge in [-0.1, -0.05) is 125 Å². The average molecular weight is 495 g/mol. The maximum absolute atomic E-state index is 6.04. The fourth-order valence-electron chi connectivity index (χ4n) is 4.96. The molecule has 0 bridgehead atoms. The third-order valence-electron chi connectivity index (χ3n) is 7.07. The maximum atomic E-state index is 6.04. The molecular weight excluding hydrogens is 452 g/mol. The van der Waals surface area contributed by atoms with E-state index in [2.05, 4.69) is 97.4 Å². The number of hydrogen-bond donors (Lipinski definition) is 0. The fourth-order valence-corrected chi connectivity index (χ4v) is 4.96. The Balaban J connectivity index is 1.34. The second-order valence-corrected chi connectivity index (χ2v) is 9.98. The lowest BCUT2D eigenvalue weighted by Gasteiger charge is -2.09. The van der Waals surface area contributed by atoms with Crippen molar-refractivity contribution in [1.82, 2.24) is 9.55 Å². The van der Waals surface area contributed by atoms with E-state index in [0.29, 0.717) is 0 Å². The summed E-state index contributed by atoms with van der Waals surface area (Å²) in [6, 6.07) is 29.4. The maximum Gasteiger partial charge on any atom is 0.140 e. The van der Waals surface area contributed by atoms with Crippen molar-refractivity contribution in [2.45, 2.75) is 71.1 Å². The molecule has 0 N–H and O–H groups in total. The first kappa shape index (κ1) is 26.7. The van der Waals surface area contributed by atoms with Crippen LogP contribution in [0.3, 0.4) is 0 Å². The molecule has 194 valence electrons. The van der Waals surface area contributed by atoms with E-state index >= 15 is 0 Å². The van der Waals surface area contributed by atoms with Crippen LogP contribution in [0.5, 0.6) is 5.75 Å². The van der Waals surface area contributed by atoms with Gasteiger partial charge >= 0.3 is 0 Å². The van der Waals surface area contributed by atoms with Crippen molar-refractivity contribution in [1.29, 1.82) is 0 Å². The molecule has 0 unspecified atom stereocenters. The van der Waals surface area contributed by atoms with Gasteiger partial charge in [-0.3, -0.25) is 0 Å². The lowest BCUT2D eigenvalue weighted by molar-refractivity contribution is 0.304. The van der Waals surface area contributed by atoms with Crippen molar-refractivity contribution < 1.29 is 4.74 Å². The summed E-state index contributed by atoms with van der Waals surface area (Å²) in [5.41, 5.74) is 5.51. The summed E-state index contributed by atoms with van der Waals surface area (Å²) in [4.78, 5) is 5.11. The number of rotatable bonds is 15. The van der Waals surface area contributed by atoms with Crippen LogP contribution in [-0.2, 0) is 7.05 Å². The minimum Gasteiger partial charge on any atom is -0.494 e. The van der Waals surface area contributed by atoms with E-state index < -0.39 is 0 Å². The zero-order valence-corrected chi connectivity index (χ0v) is 22.7. The molecule has 0 saturated carbocycles. The Morgan fingerprint density at radius 3 is 1.73 bits per heavy atom. The lowest BCUT2D eigenvalue weighted by Crippen LogP contribution is -1.98. The summed E-state index contributed by atoms with van der Waals surface area (Å²) < 4.78 is 8.25. The third-order valence-corrected chi connectivity index (χ3v) is 7.07. The van der Waals surface area contributed by atoms with Gasteiger partial charge in [-0.05, 0) is 30.7 Å². The second kappa shape index (κ2) is 14.4. The van der Waals surface area contributed by atoms with Crippen molar-refractivity contribution in [3.05, 3.63) is 84.9 Å². The molecule has 0 radical (unpaired) electrons. The molecule has 3 nitrogen and oxygen atoms in total. The Labute approximate surface area is 223 Å². The monoisotopic (exact) mass is 494 g/mol. The number of imidazole rings is 1. The first-order valence-corrected chi connectivity index (χ1v) is 14.2. The topological polar surface area (TPSA) is 27.1 Å². The number of benzene rings is 3. The summed E-state index contributed by atoms with van der Waals surface area (Å²) >= 11 is 0. The highest BCUT2D eigenvalue weighted by Crippen LogP contribution is 2.35. The van der Waals surface area contributed by atoms with E-state index in [-0.39, 0.29) is 0 Å². The largest absolute Gasteiger partial charge is 0.494 e. The summed E-state index contributed by atoms with van der Waals surface area (Å²) in [5.74, 6) is 1.89. The van der Waals surface area contributed by atoms with E-state index in [1.54, 1.807) is 0 Å². The Hall–Kier alpha value is -3.33. The van der Waals surface area contributed by atoms with E-state index in [4.69, 9.17) is 9.72 Å². The molecule has 4 aromatic rings. The van der Waals surface area contributed by atoms with Crippen LogP contribution in [0.15, 0.2) is 84.9 Å². The lowest BCUT2D eigenvalue weighted by atomic mass is 10.1. The number of nitrogens with zero attached hydrogens (tertiary/aromatic N) is 2. The minimum absolute atomic E-state index is 0.786. The van der Waals surface area contributed by atoms with Gasteiger partial charge in [0, 0.05) is 23.7 Å². The molecule has 0 amide bonds. The standard InChI is InChI=1S/C34H42N2O/c1-3-4-5-6-7-8-9-10-11-18-27-37-31-25-23-30(24-26-31)34-35-32(28-19-14-12-15-20-28)33(36(34)2)29-21-16-13-17-22-29/h12-17,19-26H,3-11,18,27H2,1-2H3. The van der Waals surface area contributed by atoms with Crippen LogP contribution in [-0.4, -0.2) is 16.2 Å². The summed E-state index contributed by atoms with van der Waals surface area (Å²) in [6.45, 7) is 3.06. The molecule has 1 aromatic heterocycles. The predicted octanol–water partition coefficient (Wildman–Crippen LogP) is 9.72. The van der Waals surface area contributed by atoms with Crippen LogP contribution in [0, 0.1) is 0 Å². The Morgan fingerprint density at radius 1 is 0.595 bits per heavy atom. The van der Waals surface area contributed by atoms with Crippen molar-refractivity contribution in [3.63, 3.8) is 0 Å². The highest BCUT2D eigenvalue weighted by Gasteiger charge is 2.18. The normalized spacial score (nSPS) is 11.1.